The quantitative estimate of drug-likeness (QED) is 0.805. The smallest absolute Gasteiger partial charge is 0.341 e. The van der Waals surface area contributed by atoms with Crippen LogP contribution >= 0.6 is 0 Å². The molecular formula is C11H12N2O4. The topological polar surface area (TPSA) is 78.9 Å². The Hall–Kier alpha value is -2.24. The van der Waals surface area contributed by atoms with Gasteiger partial charge in [0.2, 0.25) is 0 Å². The Kier molecular flexibility index (Phi) is 3.13. The summed E-state index contributed by atoms with van der Waals surface area (Å²) < 4.78 is 5.04. The van der Waals surface area contributed by atoms with Crippen molar-refractivity contribution in [2.45, 2.75) is 0 Å². The zero-order chi connectivity index (χ0) is 12.3. The van der Waals surface area contributed by atoms with E-state index in [1.54, 1.807) is 29.2 Å². The maximum atomic E-state index is 11.4. The van der Waals surface area contributed by atoms with Gasteiger partial charge in [-0.1, -0.05) is 6.07 Å². The molecule has 6 heteroatoms. The number of nitrogens with one attached hydrogen (secondary N) is 1. The van der Waals surface area contributed by atoms with E-state index in [1.807, 2.05) is 0 Å². The zero-order valence-corrected chi connectivity index (χ0v) is 9.05. The molecule has 0 spiro atoms. The van der Waals surface area contributed by atoms with Gasteiger partial charge < -0.3 is 15.2 Å². The maximum absolute atomic E-state index is 11.4. The Bertz CT molecular complexity index is 447. The lowest BCUT2D eigenvalue weighted by atomic mass is 10.3. The van der Waals surface area contributed by atoms with Crippen LogP contribution in [0.15, 0.2) is 24.3 Å². The lowest BCUT2D eigenvalue weighted by molar-refractivity contribution is -0.139. The highest BCUT2D eigenvalue weighted by Gasteiger charge is 2.21. The van der Waals surface area contributed by atoms with Gasteiger partial charge in [0.25, 0.3) is 0 Å². The second-order valence-electron chi connectivity index (χ2n) is 3.56. The highest BCUT2D eigenvalue weighted by atomic mass is 16.5. The van der Waals surface area contributed by atoms with Crippen LogP contribution in [0.1, 0.15) is 0 Å². The minimum absolute atomic E-state index is 0.152. The summed E-state index contributed by atoms with van der Waals surface area (Å²) in [4.78, 5) is 23.4. The summed E-state index contributed by atoms with van der Waals surface area (Å²) in [5, 5.41) is 11.2. The predicted octanol–water partition coefficient (Wildman–Crippen LogP) is 0.680. The van der Waals surface area contributed by atoms with E-state index in [4.69, 9.17) is 9.84 Å². The summed E-state index contributed by atoms with van der Waals surface area (Å²) in [6.07, 6.45) is 0. The number of carbonyl (C=O) groups is 2. The third-order valence-electron chi connectivity index (χ3n) is 2.35. The van der Waals surface area contributed by atoms with E-state index in [9.17, 15) is 9.59 Å². The minimum Gasteiger partial charge on any atom is -0.482 e. The number of rotatable bonds is 4. The molecule has 1 saturated heterocycles. The summed E-state index contributed by atoms with van der Waals surface area (Å²) in [7, 11) is 0. The number of hydrogen-bond acceptors (Lipinski definition) is 3. The molecule has 0 saturated carbocycles. The SMILES string of the molecule is O=C(O)COc1cccc(N2CCNC2=O)c1. The van der Waals surface area contributed by atoms with Crippen LogP contribution < -0.4 is 15.0 Å². The Morgan fingerprint density at radius 3 is 3.00 bits per heavy atom. The third kappa shape index (κ3) is 2.66. The van der Waals surface area contributed by atoms with Gasteiger partial charge in [-0.15, -0.1) is 0 Å². The summed E-state index contributed by atoms with van der Waals surface area (Å²) in [6, 6.07) is 6.64. The van der Waals surface area contributed by atoms with Crippen molar-refractivity contribution in [3.63, 3.8) is 0 Å². The van der Waals surface area contributed by atoms with Gasteiger partial charge in [0.05, 0.1) is 0 Å². The molecule has 1 aromatic carbocycles. The number of nitrogens with zero attached hydrogens (tertiary/aromatic N) is 1. The monoisotopic (exact) mass is 236 g/mol. The fourth-order valence-corrected chi connectivity index (χ4v) is 1.60. The second-order valence-corrected chi connectivity index (χ2v) is 3.56. The number of carboxylic acid groups (broad SMARTS) is 1. The molecule has 1 aliphatic heterocycles. The average Bonchev–Trinajstić information content (AvgIpc) is 2.73. The van der Waals surface area contributed by atoms with Crippen LogP contribution in [-0.2, 0) is 4.79 Å². The van der Waals surface area contributed by atoms with Crippen LogP contribution in [0.5, 0.6) is 5.75 Å². The normalized spacial score (nSPS) is 14.6. The molecule has 1 aromatic rings. The van der Waals surface area contributed by atoms with Crippen molar-refractivity contribution >= 4 is 17.7 Å². The van der Waals surface area contributed by atoms with Gasteiger partial charge >= 0.3 is 12.0 Å². The number of ether oxygens (including phenoxy) is 1. The number of aliphatic carboxylic acids is 1. The number of benzene rings is 1. The van der Waals surface area contributed by atoms with Crippen LogP contribution in [0.4, 0.5) is 10.5 Å². The Morgan fingerprint density at radius 1 is 1.53 bits per heavy atom. The summed E-state index contributed by atoms with van der Waals surface area (Å²) in [5.41, 5.74) is 0.697. The standard InChI is InChI=1S/C11H12N2O4/c14-10(15)7-17-9-3-1-2-8(6-9)13-5-4-12-11(13)16/h1-3,6H,4-5,7H2,(H,12,16)(H,14,15). The van der Waals surface area contributed by atoms with Crippen molar-refractivity contribution in [2.75, 3.05) is 24.6 Å². The first-order valence-electron chi connectivity index (χ1n) is 5.17. The van der Waals surface area contributed by atoms with E-state index >= 15 is 0 Å². The Balaban J connectivity index is 2.10. The molecule has 2 rings (SSSR count). The van der Waals surface area contributed by atoms with Crippen molar-refractivity contribution in [3.8, 4) is 5.75 Å². The Labute approximate surface area is 97.8 Å². The minimum atomic E-state index is -1.03. The van der Waals surface area contributed by atoms with Gasteiger partial charge in [0.1, 0.15) is 5.75 Å². The Morgan fingerprint density at radius 2 is 2.35 bits per heavy atom. The lowest BCUT2D eigenvalue weighted by Gasteiger charge is -2.15. The molecule has 0 atom stereocenters. The van der Waals surface area contributed by atoms with Gasteiger partial charge in [0, 0.05) is 24.8 Å². The van der Waals surface area contributed by atoms with Crippen LogP contribution in [0.25, 0.3) is 0 Å². The number of carboxylic acids is 1. The number of urea groups is 1. The number of carbonyl (C=O) groups excluding carboxylic acids is 1. The zero-order valence-electron chi connectivity index (χ0n) is 9.05. The molecule has 17 heavy (non-hydrogen) atoms. The van der Waals surface area contributed by atoms with Crippen molar-refractivity contribution in [1.29, 1.82) is 0 Å². The fraction of sp³-hybridized carbons (Fsp3) is 0.273. The molecule has 2 N–H and O–H groups in total. The molecule has 1 aliphatic rings. The van der Waals surface area contributed by atoms with Crippen LogP contribution in [0.3, 0.4) is 0 Å². The molecule has 0 radical (unpaired) electrons. The maximum Gasteiger partial charge on any atom is 0.341 e. The molecule has 90 valence electrons. The number of hydrogen-bond donors (Lipinski definition) is 2. The molecule has 1 heterocycles. The van der Waals surface area contributed by atoms with Crippen molar-refractivity contribution in [2.24, 2.45) is 0 Å². The van der Waals surface area contributed by atoms with E-state index in [0.29, 0.717) is 24.5 Å². The van der Waals surface area contributed by atoms with E-state index in [0.717, 1.165) is 0 Å². The van der Waals surface area contributed by atoms with Crippen LogP contribution in [-0.4, -0.2) is 36.8 Å². The van der Waals surface area contributed by atoms with E-state index < -0.39 is 12.6 Å². The second kappa shape index (κ2) is 4.73. The molecular weight excluding hydrogens is 224 g/mol. The highest BCUT2D eigenvalue weighted by molar-refractivity contribution is 5.94. The van der Waals surface area contributed by atoms with E-state index in [2.05, 4.69) is 5.32 Å². The molecule has 6 nitrogen and oxygen atoms in total. The first-order valence-corrected chi connectivity index (χ1v) is 5.17. The largest absolute Gasteiger partial charge is 0.482 e. The highest BCUT2D eigenvalue weighted by Crippen LogP contribution is 2.22. The summed E-state index contributed by atoms with van der Waals surface area (Å²) in [5.74, 6) is -0.598. The van der Waals surface area contributed by atoms with Gasteiger partial charge in [-0.2, -0.15) is 0 Å². The van der Waals surface area contributed by atoms with Crippen LogP contribution in [0, 0.1) is 0 Å². The molecule has 0 unspecified atom stereocenters. The molecule has 2 amide bonds. The van der Waals surface area contributed by atoms with Crippen molar-refractivity contribution < 1.29 is 19.4 Å². The molecule has 1 fully saturated rings. The summed E-state index contributed by atoms with van der Waals surface area (Å²) >= 11 is 0. The van der Waals surface area contributed by atoms with Gasteiger partial charge in [0.15, 0.2) is 6.61 Å². The lowest BCUT2D eigenvalue weighted by Crippen LogP contribution is -2.27. The van der Waals surface area contributed by atoms with Crippen molar-refractivity contribution in [1.82, 2.24) is 5.32 Å². The van der Waals surface area contributed by atoms with Gasteiger partial charge in [-0.05, 0) is 12.1 Å². The van der Waals surface area contributed by atoms with Crippen LogP contribution in [0.2, 0.25) is 0 Å². The van der Waals surface area contributed by atoms with Gasteiger partial charge in [-0.3, -0.25) is 4.90 Å². The predicted molar refractivity (Wildman–Crippen MR) is 60.3 cm³/mol. The van der Waals surface area contributed by atoms with E-state index in [-0.39, 0.29) is 6.03 Å². The first kappa shape index (κ1) is 11.3. The molecule has 0 aromatic heterocycles. The average molecular weight is 236 g/mol. The van der Waals surface area contributed by atoms with Crippen molar-refractivity contribution in [3.05, 3.63) is 24.3 Å². The van der Waals surface area contributed by atoms with Gasteiger partial charge in [-0.25, -0.2) is 9.59 Å². The number of anilines is 1. The molecule has 0 aliphatic carbocycles. The first-order chi connectivity index (χ1) is 8.16. The van der Waals surface area contributed by atoms with E-state index in [1.165, 1.54) is 0 Å². The third-order valence-corrected chi connectivity index (χ3v) is 2.35. The fourth-order valence-electron chi connectivity index (χ4n) is 1.60. The molecule has 0 bridgehead atoms. The number of amides is 2. The summed E-state index contributed by atoms with van der Waals surface area (Å²) in [6.45, 7) is 0.815.